The number of nitrogens with one attached hydrogen (secondary N) is 1. The predicted octanol–water partition coefficient (Wildman–Crippen LogP) is 2.77. The molecule has 0 radical (unpaired) electrons. The van der Waals surface area contributed by atoms with Gasteiger partial charge in [0, 0.05) is 12.1 Å². The molecule has 0 bridgehead atoms. The minimum Gasteiger partial charge on any atom is -0.478 e. The molecular weight excluding hydrogens is 442 g/mol. The molecule has 0 aliphatic heterocycles. The molecule has 33 heavy (non-hydrogen) atoms. The number of hydrogen-bond donors (Lipinski definition) is 2. The molecule has 0 aromatic heterocycles. The van der Waals surface area contributed by atoms with Gasteiger partial charge in [0.05, 0.1) is 23.2 Å². The number of amides is 1. The smallest absolute Gasteiger partial charge is 0.336 e. The van der Waals surface area contributed by atoms with Gasteiger partial charge in [-0.2, -0.15) is 9.41 Å². The van der Waals surface area contributed by atoms with Gasteiger partial charge in [0.1, 0.15) is 0 Å². The minimum atomic E-state index is -3.92. The second-order valence-electron chi connectivity index (χ2n) is 7.07. The molecule has 0 heterocycles. The van der Waals surface area contributed by atoms with E-state index in [4.69, 9.17) is 0 Å². The number of aromatic carboxylic acids is 1. The summed E-state index contributed by atoms with van der Waals surface area (Å²) in [6.07, 6.45) is 1.64. The zero-order valence-electron chi connectivity index (χ0n) is 17.7. The minimum absolute atomic E-state index is 0.0339. The summed E-state index contributed by atoms with van der Waals surface area (Å²) in [5, 5.41) is 13.0. The average molecular weight is 466 g/mol. The van der Waals surface area contributed by atoms with E-state index in [0.717, 1.165) is 9.87 Å². The summed E-state index contributed by atoms with van der Waals surface area (Å²) < 4.78 is 27.4. The molecule has 0 atom stereocenters. The largest absolute Gasteiger partial charge is 0.478 e. The molecule has 0 aliphatic carbocycles. The summed E-state index contributed by atoms with van der Waals surface area (Å²) in [5.74, 6) is -1.77. The summed E-state index contributed by atoms with van der Waals surface area (Å²) in [7, 11) is -3.92. The van der Waals surface area contributed by atoms with Gasteiger partial charge in [-0.25, -0.2) is 18.6 Å². The molecule has 0 saturated heterocycles. The highest BCUT2D eigenvalue weighted by molar-refractivity contribution is 7.89. The van der Waals surface area contributed by atoms with Crippen molar-refractivity contribution in [3.63, 3.8) is 0 Å². The lowest BCUT2D eigenvalue weighted by atomic mass is 10.1. The molecule has 0 aliphatic rings. The number of hydrogen-bond acceptors (Lipinski definition) is 5. The number of sulfonamides is 1. The molecule has 0 fully saturated rings. The third-order valence-corrected chi connectivity index (χ3v) is 6.64. The molecule has 0 spiro atoms. The lowest BCUT2D eigenvalue weighted by Crippen LogP contribution is -2.40. The van der Waals surface area contributed by atoms with Crippen molar-refractivity contribution in [2.45, 2.75) is 11.3 Å². The van der Waals surface area contributed by atoms with Crippen molar-refractivity contribution in [3.05, 3.63) is 102 Å². The van der Waals surface area contributed by atoms with Gasteiger partial charge in [0.25, 0.3) is 5.91 Å². The molecule has 170 valence electrons. The number of carboxylic acid groups (broad SMARTS) is 1. The lowest BCUT2D eigenvalue weighted by molar-refractivity contribution is -0.121. The third kappa shape index (κ3) is 6.58. The number of carboxylic acids is 1. The van der Waals surface area contributed by atoms with E-state index in [-0.39, 0.29) is 17.0 Å². The summed E-state index contributed by atoms with van der Waals surface area (Å²) in [6.45, 7) is -0.345. The Bertz CT molecular complexity index is 1230. The molecule has 1 amide bonds. The van der Waals surface area contributed by atoms with Crippen LogP contribution in [0.25, 0.3) is 0 Å². The van der Waals surface area contributed by atoms with E-state index in [0.29, 0.717) is 12.0 Å². The second kappa shape index (κ2) is 11.2. The lowest BCUT2D eigenvalue weighted by Gasteiger charge is -2.21. The van der Waals surface area contributed by atoms with Crippen LogP contribution in [-0.2, 0) is 21.2 Å². The maximum atomic E-state index is 13.1. The highest BCUT2D eigenvalue weighted by Gasteiger charge is 2.26. The molecule has 3 aromatic rings. The van der Waals surface area contributed by atoms with E-state index >= 15 is 0 Å². The Hall–Kier alpha value is -3.82. The van der Waals surface area contributed by atoms with Crippen LogP contribution in [0.1, 0.15) is 21.5 Å². The Morgan fingerprint density at radius 1 is 0.909 bits per heavy atom. The summed E-state index contributed by atoms with van der Waals surface area (Å²) in [6, 6.07) is 23.5. The standard InChI is InChI=1S/C24H23N3O5S/c28-23(26-25-17-20-11-7-8-14-22(20)24(29)30)18-27(16-15-19-9-3-1-4-10-19)33(31,32)21-12-5-2-6-13-21/h1-14,17H,15-16,18H2,(H,26,28)(H,29,30)/b25-17+. The quantitative estimate of drug-likeness (QED) is 0.353. The van der Waals surface area contributed by atoms with E-state index in [2.05, 4.69) is 10.5 Å². The molecule has 3 rings (SSSR count). The zero-order valence-corrected chi connectivity index (χ0v) is 18.5. The van der Waals surface area contributed by atoms with E-state index in [1.165, 1.54) is 24.4 Å². The van der Waals surface area contributed by atoms with Gasteiger partial charge >= 0.3 is 5.97 Å². The second-order valence-corrected chi connectivity index (χ2v) is 9.01. The van der Waals surface area contributed by atoms with Gasteiger partial charge in [0.2, 0.25) is 10.0 Å². The predicted molar refractivity (Wildman–Crippen MR) is 124 cm³/mol. The van der Waals surface area contributed by atoms with Crippen LogP contribution in [-0.4, -0.2) is 49.0 Å². The van der Waals surface area contributed by atoms with Crippen LogP contribution in [0.2, 0.25) is 0 Å². The number of carbonyl (C=O) groups is 2. The summed E-state index contributed by atoms with van der Waals surface area (Å²) >= 11 is 0. The number of rotatable bonds is 10. The highest BCUT2D eigenvalue weighted by Crippen LogP contribution is 2.16. The Morgan fingerprint density at radius 3 is 2.18 bits per heavy atom. The van der Waals surface area contributed by atoms with Gasteiger partial charge in [-0.15, -0.1) is 0 Å². The monoisotopic (exact) mass is 465 g/mol. The van der Waals surface area contributed by atoms with Gasteiger partial charge in [-0.05, 0) is 30.2 Å². The number of nitrogens with zero attached hydrogens (tertiary/aromatic N) is 2. The van der Waals surface area contributed by atoms with Gasteiger partial charge in [-0.1, -0.05) is 66.7 Å². The Labute approximate surface area is 192 Å². The van der Waals surface area contributed by atoms with Crippen molar-refractivity contribution in [3.8, 4) is 0 Å². The number of benzene rings is 3. The van der Waals surface area contributed by atoms with Crippen LogP contribution in [0.4, 0.5) is 0 Å². The first-order valence-electron chi connectivity index (χ1n) is 10.1. The molecule has 3 aromatic carbocycles. The van der Waals surface area contributed by atoms with Crippen molar-refractivity contribution in [1.29, 1.82) is 0 Å². The van der Waals surface area contributed by atoms with Crippen LogP contribution in [0.3, 0.4) is 0 Å². The average Bonchev–Trinajstić information content (AvgIpc) is 2.83. The maximum absolute atomic E-state index is 13.1. The summed E-state index contributed by atoms with van der Waals surface area (Å²) in [5.41, 5.74) is 3.56. The molecule has 2 N–H and O–H groups in total. The fourth-order valence-corrected chi connectivity index (χ4v) is 4.52. The van der Waals surface area contributed by atoms with Gasteiger partial charge in [0.15, 0.2) is 0 Å². The molecule has 9 heteroatoms. The van der Waals surface area contributed by atoms with E-state index in [1.807, 2.05) is 30.3 Å². The van der Waals surface area contributed by atoms with E-state index < -0.39 is 28.4 Å². The van der Waals surface area contributed by atoms with Crippen molar-refractivity contribution in [1.82, 2.24) is 9.73 Å². The van der Waals surface area contributed by atoms with Crippen LogP contribution in [0, 0.1) is 0 Å². The first kappa shape index (κ1) is 23.8. The molecular formula is C24H23N3O5S. The van der Waals surface area contributed by atoms with Crippen molar-refractivity contribution in [2.75, 3.05) is 13.1 Å². The first-order valence-corrected chi connectivity index (χ1v) is 11.6. The van der Waals surface area contributed by atoms with Crippen LogP contribution < -0.4 is 5.43 Å². The SMILES string of the molecule is O=C(CN(CCc1ccccc1)S(=O)(=O)c1ccccc1)N/N=C/c1ccccc1C(=O)O. The number of hydrazone groups is 1. The van der Waals surface area contributed by atoms with Crippen molar-refractivity contribution in [2.24, 2.45) is 5.10 Å². The van der Waals surface area contributed by atoms with Crippen molar-refractivity contribution < 1.29 is 23.1 Å². The normalized spacial score (nSPS) is 11.5. The molecule has 0 unspecified atom stereocenters. The highest BCUT2D eigenvalue weighted by atomic mass is 32.2. The van der Waals surface area contributed by atoms with Crippen LogP contribution >= 0.6 is 0 Å². The van der Waals surface area contributed by atoms with E-state index in [1.54, 1.807) is 36.4 Å². The third-order valence-electron chi connectivity index (χ3n) is 4.78. The first-order chi connectivity index (χ1) is 15.9. The van der Waals surface area contributed by atoms with Gasteiger partial charge in [-0.3, -0.25) is 4.79 Å². The van der Waals surface area contributed by atoms with Gasteiger partial charge < -0.3 is 5.11 Å². The summed E-state index contributed by atoms with van der Waals surface area (Å²) in [4.78, 5) is 23.9. The van der Waals surface area contributed by atoms with Crippen LogP contribution in [0.5, 0.6) is 0 Å². The maximum Gasteiger partial charge on any atom is 0.336 e. The Balaban J connectivity index is 1.74. The Kier molecular flexibility index (Phi) is 8.06. The molecule has 0 saturated carbocycles. The fourth-order valence-electron chi connectivity index (χ4n) is 3.10. The fraction of sp³-hybridized carbons (Fsp3) is 0.125. The number of carbonyl (C=O) groups excluding carboxylic acids is 1. The van der Waals surface area contributed by atoms with Crippen molar-refractivity contribution >= 4 is 28.1 Å². The molecule has 8 nitrogen and oxygen atoms in total. The van der Waals surface area contributed by atoms with E-state index in [9.17, 15) is 23.1 Å². The zero-order chi connectivity index (χ0) is 23.7. The topological polar surface area (TPSA) is 116 Å². The Morgan fingerprint density at radius 2 is 1.52 bits per heavy atom. The van der Waals surface area contributed by atoms with Crippen LogP contribution in [0.15, 0.2) is 94.9 Å².